The van der Waals surface area contributed by atoms with Crippen LogP contribution in [0.1, 0.15) is 12.5 Å². The topological polar surface area (TPSA) is 53.3 Å². The van der Waals surface area contributed by atoms with E-state index in [1.165, 1.54) is 0 Å². The van der Waals surface area contributed by atoms with Gasteiger partial charge in [-0.15, -0.1) is 0 Å². The van der Waals surface area contributed by atoms with Gasteiger partial charge < -0.3 is 9.64 Å². The van der Waals surface area contributed by atoms with Gasteiger partial charge in [-0.3, -0.25) is 4.79 Å². The molecule has 0 radical (unpaired) electrons. The van der Waals surface area contributed by atoms with Crippen LogP contribution in [-0.2, 0) is 14.9 Å². The fraction of sp³-hybridized carbons (Fsp3) is 0.429. The SMILES string of the molecule is CC(C#N)(C(=O)N1CCOCC1)c1ccccc1. The lowest BCUT2D eigenvalue weighted by Crippen LogP contribution is -2.49. The summed E-state index contributed by atoms with van der Waals surface area (Å²) in [6.45, 7) is 3.88. The third-order valence-electron chi connectivity index (χ3n) is 3.30. The Morgan fingerprint density at radius 2 is 1.94 bits per heavy atom. The Hall–Kier alpha value is -1.86. The molecule has 4 heteroatoms. The zero-order valence-corrected chi connectivity index (χ0v) is 10.4. The first-order chi connectivity index (χ1) is 8.68. The predicted octanol–water partition coefficient (Wildman–Crippen LogP) is 1.33. The molecule has 1 fully saturated rings. The van der Waals surface area contributed by atoms with E-state index in [2.05, 4.69) is 6.07 Å². The second-order valence-corrected chi connectivity index (χ2v) is 4.51. The van der Waals surface area contributed by atoms with Crippen LogP contribution in [0.3, 0.4) is 0 Å². The van der Waals surface area contributed by atoms with Gasteiger partial charge >= 0.3 is 0 Å². The standard InChI is InChI=1S/C14H16N2O2/c1-14(11-15,12-5-3-2-4-6-12)13(17)16-7-9-18-10-8-16/h2-6H,7-10H2,1H3. The van der Waals surface area contributed by atoms with Gasteiger partial charge in [0.05, 0.1) is 19.3 Å². The number of carbonyl (C=O) groups excluding carboxylic acids is 1. The van der Waals surface area contributed by atoms with Crippen molar-refractivity contribution in [3.05, 3.63) is 35.9 Å². The second-order valence-electron chi connectivity index (χ2n) is 4.51. The second kappa shape index (κ2) is 5.19. The largest absolute Gasteiger partial charge is 0.378 e. The van der Waals surface area contributed by atoms with E-state index in [9.17, 15) is 10.1 Å². The van der Waals surface area contributed by atoms with Crippen LogP contribution in [0.25, 0.3) is 0 Å². The molecule has 1 aromatic rings. The number of carbonyl (C=O) groups is 1. The first-order valence-corrected chi connectivity index (χ1v) is 6.02. The molecule has 1 heterocycles. The smallest absolute Gasteiger partial charge is 0.247 e. The van der Waals surface area contributed by atoms with Gasteiger partial charge in [-0.25, -0.2) is 0 Å². The molecule has 0 aromatic heterocycles. The minimum Gasteiger partial charge on any atom is -0.378 e. The van der Waals surface area contributed by atoms with Crippen LogP contribution in [0, 0.1) is 11.3 Å². The van der Waals surface area contributed by atoms with Crippen LogP contribution in [0.2, 0.25) is 0 Å². The van der Waals surface area contributed by atoms with Crippen LogP contribution in [0.15, 0.2) is 30.3 Å². The van der Waals surface area contributed by atoms with E-state index >= 15 is 0 Å². The third kappa shape index (κ3) is 2.22. The maximum atomic E-state index is 12.5. The number of benzene rings is 1. The average Bonchev–Trinajstić information content (AvgIpc) is 2.47. The normalized spacial score (nSPS) is 18.8. The summed E-state index contributed by atoms with van der Waals surface area (Å²) < 4.78 is 5.23. The van der Waals surface area contributed by atoms with Crippen molar-refractivity contribution >= 4 is 5.91 Å². The molecule has 1 aliphatic rings. The Kier molecular flexibility index (Phi) is 3.63. The van der Waals surface area contributed by atoms with Gasteiger partial charge in [-0.1, -0.05) is 30.3 Å². The Bertz CT molecular complexity index is 460. The van der Waals surface area contributed by atoms with Gasteiger partial charge in [-0.2, -0.15) is 5.26 Å². The maximum Gasteiger partial charge on any atom is 0.247 e. The number of morpholine rings is 1. The molecule has 94 valence electrons. The van der Waals surface area contributed by atoms with Crippen molar-refractivity contribution in [2.24, 2.45) is 0 Å². The van der Waals surface area contributed by atoms with E-state index < -0.39 is 5.41 Å². The van der Waals surface area contributed by atoms with E-state index in [1.807, 2.05) is 30.3 Å². The van der Waals surface area contributed by atoms with Crippen molar-refractivity contribution in [1.82, 2.24) is 4.90 Å². The van der Waals surface area contributed by atoms with Gasteiger partial charge in [0.1, 0.15) is 0 Å². The summed E-state index contributed by atoms with van der Waals surface area (Å²) >= 11 is 0. The monoisotopic (exact) mass is 244 g/mol. The van der Waals surface area contributed by atoms with Gasteiger partial charge in [-0.05, 0) is 12.5 Å². The number of hydrogen-bond acceptors (Lipinski definition) is 3. The number of amides is 1. The summed E-state index contributed by atoms with van der Waals surface area (Å²) in [5.41, 5.74) is -0.373. The first-order valence-electron chi connectivity index (χ1n) is 6.02. The van der Waals surface area contributed by atoms with Crippen LogP contribution in [0.4, 0.5) is 0 Å². The molecule has 1 unspecified atom stereocenters. The summed E-state index contributed by atoms with van der Waals surface area (Å²) in [5, 5.41) is 9.41. The molecule has 0 bridgehead atoms. The number of nitriles is 1. The molecular weight excluding hydrogens is 228 g/mol. The number of ether oxygens (including phenoxy) is 1. The van der Waals surface area contributed by atoms with Crippen molar-refractivity contribution in [3.63, 3.8) is 0 Å². The molecule has 1 amide bonds. The van der Waals surface area contributed by atoms with E-state index in [4.69, 9.17) is 4.74 Å². The highest BCUT2D eigenvalue weighted by Crippen LogP contribution is 2.25. The minimum absolute atomic E-state index is 0.139. The van der Waals surface area contributed by atoms with E-state index in [1.54, 1.807) is 11.8 Å². The van der Waals surface area contributed by atoms with Gasteiger partial charge in [0, 0.05) is 13.1 Å². The molecule has 0 spiro atoms. The van der Waals surface area contributed by atoms with Crippen LogP contribution in [-0.4, -0.2) is 37.1 Å². The Morgan fingerprint density at radius 1 is 1.33 bits per heavy atom. The highest BCUT2D eigenvalue weighted by Gasteiger charge is 2.39. The van der Waals surface area contributed by atoms with Crippen LogP contribution in [0.5, 0.6) is 0 Å². The van der Waals surface area contributed by atoms with Crippen molar-refractivity contribution in [2.75, 3.05) is 26.3 Å². The lowest BCUT2D eigenvalue weighted by molar-refractivity contribution is -0.139. The Labute approximate surface area is 107 Å². The van der Waals surface area contributed by atoms with Crippen molar-refractivity contribution < 1.29 is 9.53 Å². The highest BCUT2D eigenvalue weighted by molar-refractivity contribution is 5.91. The highest BCUT2D eigenvalue weighted by atomic mass is 16.5. The summed E-state index contributed by atoms with van der Waals surface area (Å²) in [5.74, 6) is -0.139. The molecular formula is C14H16N2O2. The van der Waals surface area contributed by atoms with Crippen molar-refractivity contribution in [3.8, 4) is 6.07 Å². The fourth-order valence-electron chi connectivity index (χ4n) is 2.09. The zero-order chi connectivity index (χ0) is 13.0. The third-order valence-corrected chi connectivity index (χ3v) is 3.30. The quantitative estimate of drug-likeness (QED) is 0.788. The summed E-state index contributed by atoms with van der Waals surface area (Å²) in [6, 6.07) is 11.4. The number of hydrogen-bond donors (Lipinski definition) is 0. The molecule has 0 N–H and O–H groups in total. The minimum atomic E-state index is -1.11. The summed E-state index contributed by atoms with van der Waals surface area (Å²) in [4.78, 5) is 14.2. The molecule has 18 heavy (non-hydrogen) atoms. The van der Waals surface area contributed by atoms with Gasteiger partial charge in [0.15, 0.2) is 5.41 Å². The van der Waals surface area contributed by atoms with Crippen molar-refractivity contribution in [1.29, 1.82) is 5.26 Å². The zero-order valence-electron chi connectivity index (χ0n) is 10.4. The maximum absolute atomic E-state index is 12.5. The van der Waals surface area contributed by atoms with Gasteiger partial charge in [0.2, 0.25) is 5.91 Å². The first kappa shape index (κ1) is 12.6. The molecule has 0 saturated carbocycles. The summed E-state index contributed by atoms with van der Waals surface area (Å²) in [6.07, 6.45) is 0. The average molecular weight is 244 g/mol. The molecule has 1 saturated heterocycles. The van der Waals surface area contributed by atoms with E-state index in [0.717, 1.165) is 5.56 Å². The van der Waals surface area contributed by atoms with E-state index in [-0.39, 0.29) is 5.91 Å². The Morgan fingerprint density at radius 3 is 2.50 bits per heavy atom. The Balaban J connectivity index is 2.27. The van der Waals surface area contributed by atoms with E-state index in [0.29, 0.717) is 26.3 Å². The van der Waals surface area contributed by atoms with Crippen molar-refractivity contribution in [2.45, 2.75) is 12.3 Å². The lowest BCUT2D eigenvalue weighted by atomic mass is 9.82. The lowest BCUT2D eigenvalue weighted by Gasteiger charge is -2.32. The van der Waals surface area contributed by atoms with Crippen LogP contribution >= 0.6 is 0 Å². The molecule has 4 nitrogen and oxygen atoms in total. The molecule has 1 atom stereocenters. The number of nitrogens with zero attached hydrogens (tertiary/aromatic N) is 2. The molecule has 1 aromatic carbocycles. The van der Waals surface area contributed by atoms with Gasteiger partial charge in [0.25, 0.3) is 0 Å². The van der Waals surface area contributed by atoms with Crippen LogP contribution < -0.4 is 0 Å². The molecule has 2 rings (SSSR count). The number of rotatable bonds is 2. The fourth-order valence-corrected chi connectivity index (χ4v) is 2.09. The predicted molar refractivity (Wildman–Crippen MR) is 66.8 cm³/mol. The molecule has 1 aliphatic heterocycles. The summed E-state index contributed by atoms with van der Waals surface area (Å²) in [7, 11) is 0. The molecule has 0 aliphatic carbocycles.